The van der Waals surface area contributed by atoms with Gasteiger partial charge in [-0.3, -0.25) is 4.79 Å². The van der Waals surface area contributed by atoms with Gasteiger partial charge in [0.15, 0.2) is 11.6 Å². The summed E-state index contributed by atoms with van der Waals surface area (Å²) in [5.74, 6) is -2.25. The van der Waals surface area contributed by atoms with E-state index in [1.165, 1.54) is 12.1 Å². The molecule has 0 spiro atoms. The summed E-state index contributed by atoms with van der Waals surface area (Å²) in [4.78, 5) is 11.1. The van der Waals surface area contributed by atoms with E-state index in [2.05, 4.69) is 20.7 Å². The zero-order valence-corrected chi connectivity index (χ0v) is 10.6. The van der Waals surface area contributed by atoms with E-state index in [-0.39, 0.29) is 22.4 Å². The predicted molar refractivity (Wildman–Crippen MR) is 62.0 cm³/mol. The second kappa shape index (κ2) is 6.03. The average Bonchev–Trinajstić information content (AvgIpc) is 2.24. The van der Waals surface area contributed by atoms with Crippen molar-refractivity contribution in [3.8, 4) is 5.75 Å². The van der Waals surface area contributed by atoms with E-state index in [1.54, 1.807) is 0 Å². The van der Waals surface area contributed by atoms with Gasteiger partial charge in [0.1, 0.15) is 6.04 Å². The van der Waals surface area contributed by atoms with E-state index >= 15 is 0 Å². The molecule has 1 aromatic carbocycles. The maximum Gasteiger partial charge on any atom is 0.327 e. The second-order valence-corrected chi connectivity index (χ2v) is 3.65. The van der Waals surface area contributed by atoms with E-state index in [4.69, 9.17) is 5.73 Å². The third kappa shape index (κ3) is 2.84. The molecule has 0 bridgehead atoms. The molecule has 1 aromatic rings. The zero-order chi connectivity index (χ0) is 11.6. The van der Waals surface area contributed by atoms with Crippen molar-refractivity contribution in [1.29, 1.82) is 0 Å². The number of ether oxygens (including phenoxy) is 1. The van der Waals surface area contributed by atoms with Crippen LogP contribution >= 0.6 is 28.3 Å². The summed E-state index contributed by atoms with van der Waals surface area (Å²) in [5, 5.41) is 9.40. The predicted octanol–water partition coefficient (Wildman–Crippen LogP) is 1.89. The molecule has 0 saturated carbocycles. The third-order valence-electron chi connectivity index (χ3n) is 1.89. The Kier molecular flexibility index (Phi) is 5.71. The fourth-order valence-corrected chi connectivity index (χ4v) is 1.38. The van der Waals surface area contributed by atoms with Crippen molar-refractivity contribution in [3.05, 3.63) is 28.0 Å². The Hall–Kier alpha value is -0.850. The molecule has 7 heteroatoms. The average molecular weight is 315 g/mol. The molecule has 90 valence electrons. The van der Waals surface area contributed by atoms with Crippen LogP contribution in [0.4, 0.5) is 4.39 Å². The lowest BCUT2D eigenvalue weighted by molar-refractivity contribution is -0.142. The van der Waals surface area contributed by atoms with E-state index in [9.17, 15) is 14.3 Å². The number of methoxy groups -OCH3 is 1. The van der Waals surface area contributed by atoms with Crippen LogP contribution in [-0.2, 0) is 9.53 Å². The van der Waals surface area contributed by atoms with Crippen molar-refractivity contribution < 1.29 is 19.0 Å². The van der Waals surface area contributed by atoms with Gasteiger partial charge in [-0.15, -0.1) is 12.4 Å². The molecule has 16 heavy (non-hydrogen) atoms. The van der Waals surface area contributed by atoms with Gasteiger partial charge < -0.3 is 15.6 Å². The van der Waals surface area contributed by atoms with E-state index in [0.29, 0.717) is 0 Å². The molecule has 0 aliphatic rings. The molecule has 0 amide bonds. The topological polar surface area (TPSA) is 72.5 Å². The lowest BCUT2D eigenvalue weighted by Gasteiger charge is -2.12. The Morgan fingerprint density at radius 1 is 1.62 bits per heavy atom. The van der Waals surface area contributed by atoms with Crippen LogP contribution in [-0.4, -0.2) is 18.2 Å². The first-order chi connectivity index (χ1) is 6.99. The first kappa shape index (κ1) is 15.2. The van der Waals surface area contributed by atoms with Crippen LogP contribution in [0.25, 0.3) is 0 Å². The second-order valence-electron chi connectivity index (χ2n) is 2.80. The summed E-state index contributed by atoms with van der Waals surface area (Å²) < 4.78 is 17.7. The number of carbonyl (C=O) groups is 1. The maximum absolute atomic E-state index is 13.2. The summed E-state index contributed by atoms with van der Waals surface area (Å²) in [5.41, 5.74) is 5.44. The van der Waals surface area contributed by atoms with Gasteiger partial charge in [0, 0.05) is 5.56 Å². The Morgan fingerprint density at radius 2 is 2.19 bits per heavy atom. The number of nitrogens with two attached hydrogens (primary N) is 1. The molecule has 3 N–H and O–H groups in total. The van der Waals surface area contributed by atoms with E-state index in [1.807, 2.05) is 0 Å². The monoisotopic (exact) mass is 313 g/mol. The molecule has 0 aliphatic carbocycles. The van der Waals surface area contributed by atoms with Gasteiger partial charge >= 0.3 is 5.97 Å². The Bertz CT molecular complexity index is 403. The molecular formula is C9H10BrClFNO3. The minimum absolute atomic E-state index is 0. The number of hydrogen-bond acceptors (Lipinski definition) is 4. The molecule has 0 radical (unpaired) electrons. The van der Waals surface area contributed by atoms with Crippen molar-refractivity contribution in [2.24, 2.45) is 5.73 Å². The highest BCUT2D eigenvalue weighted by atomic mass is 79.9. The summed E-state index contributed by atoms with van der Waals surface area (Å²) in [7, 11) is 1.16. The fourth-order valence-electron chi connectivity index (χ4n) is 1.06. The standard InChI is InChI=1S/C9H9BrFNO3.ClH/c1-15-9(14)7(12)4-2-3-5(10)6(11)8(4)13;/h2-3,7,13H,12H2,1H3;1H/t7-;/m0./s1. The van der Waals surface area contributed by atoms with Crippen molar-refractivity contribution >= 4 is 34.3 Å². The molecular weight excluding hydrogens is 304 g/mol. The Labute approximate surface area is 106 Å². The molecule has 1 rings (SSSR count). The molecule has 0 saturated heterocycles. The lowest BCUT2D eigenvalue weighted by atomic mass is 10.1. The first-order valence-corrected chi connectivity index (χ1v) is 4.78. The van der Waals surface area contributed by atoms with E-state index < -0.39 is 23.6 Å². The molecule has 0 aromatic heterocycles. The van der Waals surface area contributed by atoms with Crippen LogP contribution in [0.3, 0.4) is 0 Å². The molecule has 0 aliphatic heterocycles. The van der Waals surface area contributed by atoms with Gasteiger partial charge in [-0.1, -0.05) is 6.07 Å². The normalized spacial score (nSPS) is 11.5. The number of phenolic OH excluding ortho intramolecular Hbond substituents is 1. The van der Waals surface area contributed by atoms with Crippen LogP contribution in [0.1, 0.15) is 11.6 Å². The third-order valence-corrected chi connectivity index (χ3v) is 2.50. The van der Waals surface area contributed by atoms with Gasteiger partial charge in [0.25, 0.3) is 0 Å². The Morgan fingerprint density at radius 3 is 2.69 bits per heavy atom. The molecule has 4 nitrogen and oxygen atoms in total. The largest absolute Gasteiger partial charge is 0.505 e. The number of hydrogen-bond donors (Lipinski definition) is 2. The summed E-state index contributed by atoms with van der Waals surface area (Å²) in [6.07, 6.45) is 0. The van der Waals surface area contributed by atoms with Crippen molar-refractivity contribution in [2.75, 3.05) is 7.11 Å². The highest BCUT2D eigenvalue weighted by Crippen LogP contribution is 2.31. The maximum atomic E-state index is 13.2. The smallest absolute Gasteiger partial charge is 0.327 e. The van der Waals surface area contributed by atoms with Gasteiger partial charge in [-0.05, 0) is 22.0 Å². The molecule has 0 unspecified atom stereocenters. The van der Waals surface area contributed by atoms with E-state index in [0.717, 1.165) is 7.11 Å². The van der Waals surface area contributed by atoms with Crippen LogP contribution in [0.15, 0.2) is 16.6 Å². The van der Waals surface area contributed by atoms with Crippen LogP contribution in [0, 0.1) is 5.82 Å². The van der Waals surface area contributed by atoms with Gasteiger partial charge in [-0.25, -0.2) is 4.39 Å². The number of rotatable bonds is 2. The number of esters is 1. The number of carbonyl (C=O) groups excluding carboxylic acids is 1. The summed E-state index contributed by atoms with van der Waals surface area (Å²) >= 11 is 2.89. The van der Waals surface area contributed by atoms with Gasteiger partial charge in [0.2, 0.25) is 0 Å². The number of halogens is 3. The highest BCUT2D eigenvalue weighted by molar-refractivity contribution is 9.10. The van der Waals surface area contributed by atoms with Gasteiger partial charge in [-0.2, -0.15) is 0 Å². The summed E-state index contributed by atoms with van der Waals surface area (Å²) in [6.45, 7) is 0. The van der Waals surface area contributed by atoms with Crippen molar-refractivity contribution in [3.63, 3.8) is 0 Å². The van der Waals surface area contributed by atoms with Crippen LogP contribution in [0.2, 0.25) is 0 Å². The van der Waals surface area contributed by atoms with Gasteiger partial charge in [0.05, 0.1) is 11.6 Å². The van der Waals surface area contributed by atoms with Crippen molar-refractivity contribution in [1.82, 2.24) is 0 Å². The fraction of sp³-hybridized carbons (Fsp3) is 0.222. The molecule has 1 atom stereocenters. The number of phenols is 1. The SMILES string of the molecule is COC(=O)[C@@H](N)c1ccc(Br)c(F)c1O.Cl. The quantitative estimate of drug-likeness (QED) is 0.818. The number of aromatic hydroxyl groups is 1. The van der Waals surface area contributed by atoms with Crippen LogP contribution in [0.5, 0.6) is 5.75 Å². The summed E-state index contributed by atoms with van der Waals surface area (Å²) in [6, 6.07) is 1.51. The van der Waals surface area contributed by atoms with Crippen molar-refractivity contribution in [2.45, 2.75) is 6.04 Å². The molecule has 0 fully saturated rings. The first-order valence-electron chi connectivity index (χ1n) is 3.99. The minimum Gasteiger partial charge on any atom is -0.505 e. The zero-order valence-electron chi connectivity index (χ0n) is 8.24. The number of benzene rings is 1. The lowest BCUT2D eigenvalue weighted by Crippen LogP contribution is -2.22. The molecule has 0 heterocycles. The van der Waals surface area contributed by atoms with Crippen LogP contribution < -0.4 is 5.73 Å². The Balaban J connectivity index is 0.00000225. The minimum atomic E-state index is -1.20. The highest BCUT2D eigenvalue weighted by Gasteiger charge is 2.22.